The Morgan fingerprint density at radius 3 is 2.57 bits per heavy atom. The van der Waals surface area contributed by atoms with Crippen molar-refractivity contribution in [3.63, 3.8) is 0 Å². The number of amides is 1. The van der Waals surface area contributed by atoms with Crippen molar-refractivity contribution < 1.29 is 19.1 Å². The van der Waals surface area contributed by atoms with Gasteiger partial charge in [-0.05, 0) is 85.9 Å². The molecule has 1 aliphatic heterocycles. The van der Waals surface area contributed by atoms with Crippen molar-refractivity contribution in [2.45, 2.75) is 76.9 Å². The fourth-order valence-electron chi connectivity index (χ4n) is 7.36. The number of likely N-dealkylation sites (tertiary alicyclic amines) is 1. The first-order valence-electron chi connectivity index (χ1n) is 15.4. The Morgan fingerprint density at radius 1 is 1.12 bits per heavy atom. The van der Waals surface area contributed by atoms with Crippen LogP contribution in [0.4, 0.5) is 0 Å². The molecule has 5 rings (SSSR count). The Bertz CT molecular complexity index is 1280. The summed E-state index contributed by atoms with van der Waals surface area (Å²) >= 11 is 12.4. The zero-order chi connectivity index (χ0) is 30.0. The van der Waals surface area contributed by atoms with Gasteiger partial charge in [0, 0.05) is 51.0 Å². The van der Waals surface area contributed by atoms with Crippen molar-refractivity contribution in [1.82, 2.24) is 9.80 Å². The van der Waals surface area contributed by atoms with E-state index in [0.29, 0.717) is 28.3 Å². The average Bonchev–Trinajstić information content (AvgIpc) is 3.77. The molecule has 0 N–H and O–H groups in total. The van der Waals surface area contributed by atoms with Crippen LogP contribution in [0.2, 0.25) is 10.0 Å². The third-order valence-corrected chi connectivity index (χ3v) is 10.2. The number of benzene rings is 2. The highest BCUT2D eigenvalue weighted by Crippen LogP contribution is 2.52. The molecule has 228 valence electrons. The van der Waals surface area contributed by atoms with Gasteiger partial charge in [-0.1, -0.05) is 55.2 Å². The van der Waals surface area contributed by atoms with Crippen LogP contribution in [0.25, 0.3) is 0 Å². The van der Waals surface area contributed by atoms with E-state index in [0.717, 1.165) is 50.4 Å². The van der Waals surface area contributed by atoms with E-state index in [-0.39, 0.29) is 41.8 Å². The molecule has 1 saturated heterocycles. The normalized spacial score (nSPS) is 26.1. The van der Waals surface area contributed by atoms with E-state index in [1.165, 1.54) is 25.3 Å². The summed E-state index contributed by atoms with van der Waals surface area (Å²) in [5.74, 6) is 1.74. The number of methoxy groups -OCH3 is 1. The van der Waals surface area contributed by atoms with Crippen molar-refractivity contribution in [3.05, 3.63) is 63.6 Å². The molecule has 2 aromatic rings. The predicted molar refractivity (Wildman–Crippen MR) is 167 cm³/mol. The molecule has 8 heteroatoms. The molecular weight excluding hydrogens is 571 g/mol. The number of nitrogens with zero attached hydrogens (tertiary/aromatic N) is 2. The third-order valence-electron chi connectivity index (χ3n) is 9.44. The number of fused-ring (bicyclic) bond motifs is 1. The molecule has 1 unspecified atom stereocenters. The molecule has 6 nitrogen and oxygen atoms in total. The standard InChI is InChI=1S/C34H44Cl2N2O4/c1-22(2)19-38(33(40)15-25-10-11-30(35)31(36)14-25)27-17-32(41-4)29-21-37(20-24-8-9-24)13-12-34(29,18-27)26-6-5-7-28(16-26)42-23(3)39/h5-7,10-11,14,16,22,24,27,29,32H,8-9,12-13,15,17-21H2,1-4H3/t27-,29+,32?,34+/m1/s1. The summed E-state index contributed by atoms with van der Waals surface area (Å²) in [5, 5.41) is 0.945. The fraction of sp³-hybridized carbons (Fsp3) is 0.588. The van der Waals surface area contributed by atoms with E-state index in [1.807, 2.05) is 31.4 Å². The Morgan fingerprint density at radius 2 is 1.90 bits per heavy atom. The van der Waals surface area contributed by atoms with Crippen LogP contribution in [0.5, 0.6) is 5.75 Å². The summed E-state index contributed by atoms with van der Waals surface area (Å²) in [7, 11) is 1.82. The predicted octanol–water partition coefficient (Wildman–Crippen LogP) is 6.79. The quantitative estimate of drug-likeness (QED) is 0.218. The molecule has 3 aliphatic rings. The second kappa shape index (κ2) is 13.3. The lowest BCUT2D eigenvalue weighted by Crippen LogP contribution is -2.62. The number of piperidine rings is 1. The number of carbonyl (C=O) groups is 2. The number of halogens is 2. The lowest BCUT2D eigenvalue weighted by Gasteiger charge is -2.57. The van der Waals surface area contributed by atoms with Crippen LogP contribution >= 0.6 is 23.2 Å². The molecule has 42 heavy (non-hydrogen) atoms. The molecule has 0 radical (unpaired) electrons. The van der Waals surface area contributed by atoms with E-state index in [9.17, 15) is 9.59 Å². The molecular formula is C34H44Cl2N2O4. The van der Waals surface area contributed by atoms with Gasteiger partial charge in [-0.15, -0.1) is 0 Å². The van der Waals surface area contributed by atoms with E-state index < -0.39 is 0 Å². The van der Waals surface area contributed by atoms with Crippen molar-refractivity contribution in [2.24, 2.45) is 17.8 Å². The summed E-state index contributed by atoms with van der Waals surface area (Å²) in [4.78, 5) is 30.6. The largest absolute Gasteiger partial charge is 0.427 e. The first kappa shape index (κ1) is 31.3. The van der Waals surface area contributed by atoms with Crippen molar-refractivity contribution in [3.8, 4) is 5.75 Å². The number of ether oxygens (including phenoxy) is 2. The van der Waals surface area contributed by atoms with E-state index >= 15 is 0 Å². The van der Waals surface area contributed by atoms with Gasteiger partial charge in [0.25, 0.3) is 0 Å². The second-order valence-electron chi connectivity index (χ2n) is 13.1. The maximum atomic E-state index is 14.0. The zero-order valence-corrected chi connectivity index (χ0v) is 26.8. The molecule has 2 aliphatic carbocycles. The van der Waals surface area contributed by atoms with Gasteiger partial charge in [-0.25, -0.2) is 0 Å². The highest BCUT2D eigenvalue weighted by molar-refractivity contribution is 6.42. The van der Waals surface area contributed by atoms with Gasteiger partial charge in [0.2, 0.25) is 5.91 Å². The summed E-state index contributed by atoms with van der Waals surface area (Å²) in [6.07, 6.45) is 5.54. The maximum absolute atomic E-state index is 14.0. The average molecular weight is 616 g/mol. The lowest BCUT2D eigenvalue weighted by molar-refractivity contribution is -0.140. The fourth-order valence-corrected chi connectivity index (χ4v) is 7.69. The van der Waals surface area contributed by atoms with E-state index in [4.69, 9.17) is 32.7 Å². The first-order valence-corrected chi connectivity index (χ1v) is 16.1. The van der Waals surface area contributed by atoms with Crippen LogP contribution < -0.4 is 4.74 Å². The highest BCUT2D eigenvalue weighted by atomic mass is 35.5. The van der Waals surface area contributed by atoms with Gasteiger partial charge < -0.3 is 19.3 Å². The van der Waals surface area contributed by atoms with Gasteiger partial charge in [0.05, 0.1) is 22.6 Å². The first-order chi connectivity index (χ1) is 20.1. The van der Waals surface area contributed by atoms with Gasteiger partial charge >= 0.3 is 5.97 Å². The molecule has 4 atom stereocenters. The Kier molecular flexibility index (Phi) is 9.88. The summed E-state index contributed by atoms with van der Waals surface area (Å²) < 4.78 is 11.8. The maximum Gasteiger partial charge on any atom is 0.308 e. The van der Waals surface area contributed by atoms with Gasteiger partial charge in [0.1, 0.15) is 5.75 Å². The van der Waals surface area contributed by atoms with Crippen LogP contribution in [0.15, 0.2) is 42.5 Å². The summed E-state index contributed by atoms with van der Waals surface area (Å²) in [6, 6.07) is 13.5. The third kappa shape index (κ3) is 7.15. The zero-order valence-electron chi connectivity index (χ0n) is 25.3. The minimum Gasteiger partial charge on any atom is -0.427 e. The van der Waals surface area contributed by atoms with Crippen molar-refractivity contribution >= 4 is 35.1 Å². The molecule has 0 bridgehead atoms. The molecule has 3 fully saturated rings. The molecule has 0 spiro atoms. The van der Waals surface area contributed by atoms with Gasteiger partial charge in [-0.3, -0.25) is 9.59 Å². The number of rotatable bonds is 10. The van der Waals surface area contributed by atoms with Crippen LogP contribution in [-0.4, -0.2) is 67.1 Å². The number of hydrogen-bond donors (Lipinski definition) is 0. The summed E-state index contributed by atoms with van der Waals surface area (Å²) in [5.41, 5.74) is 1.82. The SMILES string of the molecule is COC1C[C@@H](N(CC(C)C)C(=O)Cc2ccc(Cl)c(Cl)c2)C[C@]2(c3cccc(OC(C)=O)c3)CCN(CC3CC3)C[C@@H]12. The van der Waals surface area contributed by atoms with Crippen LogP contribution in [0, 0.1) is 17.8 Å². The van der Waals surface area contributed by atoms with Gasteiger partial charge in [0.15, 0.2) is 0 Å². The smallest absolute Gasteiger partial charge is 0.308 e. The van der Waals surface area contributed by atoms with E-state index in [1.54, 1.807) is 12.1 Å². The molecule has 2 saturated carbocycles. The second-order valence-corrected chi connectivity index (χ2v) is 13.9. The topological polar surface area (TPSA) is 59.1 Å². The Hall–Kier alpha value is -2.12. The van der Waals surface area contributed by atoms with Crippen LogP contribution in [-0.2, 0) is 26.2 Å². The number of esters is 1. The number of carbonyl (C=O) groups excluding carboxylic acids is 2. The van der Waals surface area contributed by atoms with Crippen molar-refractivity contribution in [2.75, 3.05) is 33.3 Å². The molecule has 1 heterocycles. The number of hydrogen-bond acceptors (Lipinski definition) is 5. The van der Waals surface area contributed by atoms with Crippen molar-refractivity contribution in [1.29, 1.82) is 0 Å². The Labute approximate surface area is 260 Å². The minimum absolute atomic E-state index is 0.00410. The molecule has 1 amide bonds. The lowest BCUT2D eigenvalue weighted by atomic mass is 9.56. The molecule has 2 aromatic carbocycles. The van der Waals surface area contributed by atoms with E-state index in [2.05, 4.69) is 29.7 Å². The van der Waals surface area contributed by atoms with Crippen LogP contribution in [0.1, 0.15) is 64.0 Å². The monoisotopic (exact) mass is 614 g/mol. The Balaban J connectivity index is 1.49. The molecule has 0 aromatic heterocycles. The highest BCUT2D eigenvalue weighted by Gasteiger charge is 2.54. The van der Waals surface area contributed by atoms with Gasteiger partial charge in [-0.2, -0.15) is 0 Å². The van der Waals surface area contributed by atoms with Crippen LogP contribution in [0.3, 0.4) is 0 Å². The summed E-state index contributed by atoms with van der Waals surface area (Å²) in [6.45, 7) is 9.56. The minimum atomic E-state index is -0.326.